The maximum Gasteiger partial charge on any atom is 0.259 e. The molecule has 14 heteroatoms. The van der Waals surface area contributed by atoms with E-state index < -0.39 is 49.1 Å². The third-order valence-corrected chi connectivity index (χ3v) is 13.5. The number of amides is 3. The number of nitrogens with one attached hydrogen (secondary N) is 1. The summed E-state index contributed by atoms with van der Waals surface area (Å²) in [5.41, 5.74) is -0.460. The third-order valence-electron chi connectivity index (χ3n) is 11.5. The summed E-state index contributed by atoms with van der Waals surface area (Å²) in [6.45, 7) is 11.9. The second-order valence-corrected chi connectivity index (χ2v) is 17.7. The molecule has 320 valence electrons. The van der Waals surface area contributed by atoms with Crippen molar-refractivity contribution >= 4 is 26.2 Å². The van der Waals surface area contributed by atoms with Crippen molar-refractivity contribution in [2.75, 3.05) is 40.6 Å². The van der Waals surface area contributed by atoms with E-state index in [9.17, 15) is 19.6 Å². The van der Waals surface area contributed by atoms with Gasteiger partial charge in [0.1, 0.15) is 17.1 Å². The van der Waals surface area contributed by atoms with Gasteiger partial charge in [-0.1, -0.05) is 66.7 Å². The Hall–Kier alpha value is -4.67. The van der Waals surface area contributed by atoms with Gasteiger partial charge in [0.15, 0.2) is 0 Å². The Labute approximate surface area is 354 Å². The molecule has 3 heterocycles. The van der Waals surface area contributed by atoms with Crippen LogP contribution in [0.3, 0.4) is 0 Å². The van der Waals surface area contributed by atoms with Crippen molar-refractivity contribution in [3.05, 3.63) is 108 Å². The Balaban J connectivity index is 1.31. The lowest BCUT2D eigenvalue weighted by Crippen LogP contribution is -2.46. The highest BCUT2D eigenvalue weighted by molar-refractivity contribution is 7.44. The molecule has 2 saturated heterocycles. The average Bonchev–Trinajstić information content (AvgIpc) is 3.80. The molecule has 0 radical (unpaired) electrons. The van der Waals surface area contributed by atoms with Crippen molar-refractivity contribution < 1.29 is 42.4 Å². The molecule has 3 aliphatic heterocycles. The summed E-state index contributed by atoms with van der Waals surface area (Å²) in [4.78, 5) is 42.6. The number of imide groups is 1. The Kier molecular flexibility index (Phi) is 14.2. The highest BCUT2D eigenvalue weighted by Gasteiger charge is 2.70. The summed E-state index contributed by atoms with van der Waals surface area (Å²) < 4.78 is 39.3. The van der Waals surface area contributed by atoms with Crippen LogP contribution in [0.5, 0.6) is 11.5 Å². The molecule has 3 aromatic rings. The number of fused-ring (bicyclic) bond motifs is 5. The molecule has 0 aliphatic carbocycles. The Morgan fingerprint density at radius 3 is 1.83 bits per heavy atom. The molecule has 1 N–H and O–H groups in total. The highest BCUT2D eigenvalue weighted by atomic mass is 31.2. The Morgan fingerprint density at radius 2 is 1.35 bits per heavy atom. The van der Waals surface area contributed by atoms with Crippen molar-refractivity contribution in [1.82, 2.24) is 14.9 Å². The Bertz CT molecular complexity index is 1950. The second kappa shape index (κ2) is 18.9. The topological polar surface area (TPSA) is 149 Å². The zero-order chi connectivity index (χ0) is 43.2. The maximum atomic E-state index is 14.0. The number of hydrogen-bond donors (Lipinski definition) is 1. The number of methoxy groups -OCH3 is 2. The fourth-order valence-corrected chi connectivity index (χ4v) is 10.4. The van der Waals surface area contributed by atoms with Crippen LogP contribution in [0.1, 0.15) is 71.1 Å². The number of nitriles is 1. The molecule has 0 aromatic heterocycles. The van der Waals surface area contributed by atoms with E-state index in [1.165, 1.54) is 4.90 Å². The summed E-state index contributed by atoms with van der Waals surface area (Å²) >= 11 is 0. The summed E-state index contributed by atoms with van der Waals surface area (Å²) in [6, 6.07) is 26.7. The van der Waals surface area contributed by atoms with Crippen molar-refractivity contribution in [2.45, 2.75) is 89.3 Å². The van der Waals surface area contributed by atoms with E-state index in [-0.39, 0.29) is 63.1 Å². The van der Waals surface area contributed by atoms with E-state index in [0.717, 1.165) is 16.7 Å². The van der Waals surface area contributed by atoms with E-state index >= 15 is 0 Å². The molecule has 60 heavy (non-hydrogen) atoms. The monoisotopic (exact) mass is 840 g/mol. The van der Waals surface area contributed by atoms with E-state index in [2.05, 4.69) is 43.8 Å². The van der Waals surface area contributed by atoms with Crippen LogP contribution < -0.4 is 14.8 Å². The number of rotatable bonds is 21. The zero-order valence-electron chi connectivity index (χ0n) is 35.8. The minimum Gasteiger partial charge on any atom is -0.497 e. The van der Waals surface area contributed by atoms with Crippen molar-refractivity contribution in [2.24, 2.45) is 11.8 Å². The minimum absolute atomic E-state index is 0.0124. The predicted molar refractivity (Wildman–Crippen MR) is 227 cm³/mol. The molecule has 2 unspecified atom stereocenters. The molecule has 6 atom stereocenters. The van der Waals surface area contributed by atoms with Crippen LogP contribution in [0.15, 0.2) is 91.0 Å². The van der Waals surface area contributed by atoms with Crippen LogP contribution in [0.2, 0.25) is 0 Å². The van der Waals surface area contributed by atoms with Crippen LogP contribution in [-0.4, -0.2) is 97.2 Å². The van der Waals surface area contributed by atoms with Crippen molar-refractivity contribution in [3.8, 4) is 17.6 Å². The number of nitrogens with zero attached hydrogens (tertiary/aromatic N) is 3. The molecular formula is C46H57N4O9P. The lowest BCUT2D eigenvalue weighted by molar-refractivity contribution is -0.146. The number of carbonyl (C=O) groups excluding carboxylic acids is 3. The molecule has 3 amide bonds. The first kappa shape index (κ1) is 44.9. The molecule has 3 aliphatic rings. The van der Waals surface area contributed by atoms with E-state index in [1.54, 1.807) is 14.2 Å². The van der Waals surface area contributed by atoms with Gasteiger partial charge in [-0.2, -0.15) is 5.26 Å². The summed E-state index contributed by atoms with van der Waals surface area (Å²) in [5.74, 6) is -0.960. The first-order chi connectivity index (χ1) is 28.7. The molecule has 2 bridgehead atoms. The van der Waals surface area contributed by atoms with Gasteiger partial charge in [0, 0.05) is 25.0 Å². The quantitative estimate of drug-likeness (QED) is 0.0393. The molecular weight excluding hydrogens is 783 g/mol. The first-order valence-electron chi connectivity index (χ1n) is 20.5. The lowest BCUT2D eigenvalue weighted by Gasteiger charge is -2.38. The number of benzene rings is 3. The van der Waals surface area contributed by atoms with Gasteiger partial charge in [-0.15, -0.1) is 0 Å². The largest absolute Gasteiger partial charge is 0.497 e. The van der Waals surface area contributed by atoms with Crippen LogP contribution in [0.25, 0.3) is 0 Å². The summed E-state index contributed by atoms with van der Waals surface area (Å²) in [5, 5.41) is 12.4. The number of likely N-dealkylation sites (tertiary alicyclic amines) is 1. The zero-order valence-corrected chi connectivity index (χ0v) is 36.6. The Morgan fingerprint density at radius 1 is 0.833 bits per heavy atom. The van der Waals surface area contributed by atoms with Gasteiger partial charge < -0.3 is 33.3 Å². The molecule has 6 rings (SSSR count). The fourth-order valence-electron chi connectivity index (χ4n) is 8.72. The van der Waals surface area contributed by atoms with Crippen LogP contribution in [0.4, 0.5) is 0 Å². The molecule has 2 fully saturated rings. The molecule has 3 aromatic carbocycles. The number of hydrogen-bond acceptors (Lipinski definition) is 11. The average molecular weight is 841 g/mol. The highest BCUT2D eigenvalue weighted by Crippen LogP contribution is 2.57. The van der Waals surface area contributed by atoms with Gasteiger partial charge >= 0.3 is 0 Å². The lowest BCUT2D eigenvalue weighted by atomic mass is 9.73. The van der Waals surface area contributed by atoms with Crippen molar-refractivity contribution in [3.63, 3.8) is 0 Å². The number of carbonyl (C=O) groups is 3. The SMILES string of the molecule is COc1ccc(C(OCC(COP(OCCC#N)N(C(C)C)C(C)C)NC(=O)CCN2C(=O)[C@@H]3[C@H](C2=O)[C@@]2(C)C=C[C@]3(C)O2)(c2ccccc2)c2ccc(OC)cc2)cc1. The maximum absolute atomic E-state index is 14.0. The van der Waals surface area contributed by atoms with Gasteiger partial charge in [0.25, 0.3) is 8.53 Å². The predicted octanol–water partition coefficient (Wildman–Crippen LogP) is 6.90. The van der Waals surface area contributed by atoms with Gasteiger partial charge in [0.2, 0.25) is 17.7 Å². The van der Waals surface area contributed by atoms with Crippen LogP contribution >= 0.6 is 8.53 Å². The molecule has 0 spiro atoms. The number of ether oxygens (including phenoxy) is 4. The van der Waals surface area contributed by atoms with Crippen molar-refractivity contribution in [1.29, 1.82) is 5.26 Å². The summed E-state index contributed by atoms with van der Waals surface area (Å²) in [7, 11) is 1.56. The van der Waals surface area contributed by atoms with Gasteiger partial charge in [-0.05, 0) is 82.5 Å². The van der Waals surface area contributed by atoms with Gasteiger partial charge in [-0.25, -0.2) is 4.67 Å². The standard InChI is InChI=1S/C46H57N4O9P/c1-31(2)50(32(3)4)60(57-28-12-26-47)58-30-36(48-39(51)23-27-49-42(52)40-41(43(49)53)45(6)25-24-44(40,5)59-45)29-56-46(33-13-10-9-11-14-33,34-15-19-37(54-7)20-16-34)35-17-21-38(55-8)22-18-35/h9-11,13-22,24-25,31-32,36,40-41H,12,23,27-30H2,1-8H3,(H,48,51)/t36?,40-,41+,44-,45+,60?. The van der Waals surface area contributed by atoms with Gasteiger partial charge in [-0.3, -0.25) is 19.3 Å². The van der Waals surface area contributed by atoms with E-state index in [1.807, 2.05) is 105 Å². The smallest absolute Gasteiger partial charge is 0.259 e. The third kappa shape index (κ3) is 9.01. The van der Waals surface area contributed by atoms with Crippen LogP contribution in [0, 0.1) is 23.2 Å². The second-order valence-electron chi connectivity index (χ2n) is 16.3. The normalized spacial score (nSPS) is 23.0. The van der Waals surface area contributed by atoms with E-state index in [4.69, 9.17) is 28.0 Å². The van der Waals surface area contributed by atoms with Gasteiger partial charge in [0.05, 0.1) is 75.6 Å². The molecule has 13 nitrogen and oxygen atoms in total. The minimum atomic E-state index is -1.67. The fraction of sp³-hybridized carbons (Fsp3) is 0.478. The summed E-state index contributed by atoms with van der Waals surface area (Å²) in [6.07, 6.45) is 3.79. The molecule has 0 saturated carbocycles. The van der Waals surface area contributed by atoms with Crippen LogP contribution in [-0.2, 0) is 38.5 Å². The first-order valence-corrected chi connectivity index (χ1v) is 21.6. The van der Waals surface area contributed by atoms with E-state index in [0.29, 0.717) is 11.5 Å².